The minimum atomic E-state index is -0.108. The van der Waals surface area contributed by atoms with Crippen molar-refractivity contribution in [2.24, 2.45) is 0 Å². The first-order chi connectivity index (χ1) is 11.5. The highest BCUT2D eigenvalue weighted by Crippen LogP contribution is 2.23. The zero-order valence-electron chi connectivity index (χ0n) is 14.0. The molecule has 1 amide bonds. The van der Waals surface area contributed by atoms with Gasteiger partial charge in [-0.15, -0.1) is 0 Å². The molecule has 0 saturated carbocycles. The Morgan fingerprint density at radius 1 is 1.29 bits per heavy atom. The standard InChI is InChI=1S/C17H21ClN4O2/c1-11(2)24-17-16(20-9-10-21-17)19-8-7-15(23)22-14-6-4-5-13(18)12(14)3/h4-6,9-11H,7-8H2,1-3H3,(H,19,20)(H,22,23). The Morgan fingerprint density at radius 3 is 2.79 bits per heavy atom. The van der Waals surface area contributed by atoms with E-state index >= 15 is 0 Å². The van der Waals surface area contributed by atoms with E-state index in [4.69, 9.17) is 16.3 Å². The molecule has 2 aromatic rings. The first kappa shape index (κ1) is 18.0. The van der Waals surface area contributed by atoms with Gasteiger partial charge >= 0.3 is 0 Å². The second-order valence-corrected chi connectivity index (χ2v) is 5.92. The van der Waals surface area contributed by atoms with Crippen LogP contribution < -0.4 is 15.4 Å². The number of carbonyl (C=O) groups excluding carboxylic acids is 1. The number of benzene rings is 1. The summed E-state index contributed by atoms with van der Waals surface area (Å²) in [5.74, 6) is 0.847. The predicted molar refractivity (Wildman–Crippen MR) is 95.7 cm³/mol. The number of nitrogens with one attached hydrogen (secondary N) is 2. The Bertz CT molecular complexity index is 707. The summed E-state index contributed by atoms with van der Waals surface area (Å²) in [6.07, 6.45) is 3.42. The fourth-order valence-corrected chi connectivity index (χ4v) is 2.18. The number of anilines is 2. The van der Waals surface area contributed by atoms with Gasteiger partial charge in [-0.25, -0.2) is 9.97 Å². The van der Waals surface area contributed by atoms with Crippen molar-refractivity contribution >= 4 is 29.0 Å². The third kappa shape index (κ3) is 5.09. The number of rotatable bonds is 7. The maximum Gasteiger partial charge on any atom is 0.257 e. The van der Waals surface area contributed by atoms with Crippen LogP contribution in [0.15, 0.2) is 30.6 Å². The van der Waals surface area contributed by atoms with Crippen molar-refractivity contribution in [3.63, 3.8) is 0 Å². The summed E-state index contributed by atoms with van der Waals surface area (Å²) in [4.78, 5) is 20.4. The minimum Gasteiger partial charge on any atom is -0.472 e. The summed E-state index contributed by atoms with van der Waals surface area (Å²) >= 11 is 6.05. The third-order valence-electron chi connectivity index (χ3n) is 3.20. The number of hydrogen-bond acceptors (Lipinski definition) is 5. The van der Waals surface area contributed by atoms with Crippen LogP contribution >= 0.6 is 11.6 Å². The molecule has 0 saturated heterocycles. The molecule has 128 valence electrons. The van der Waals surface area contributed by atoms with Gasteiger partial charge in [0, 0.05) is 36.1 Å². The highest BCUT2D eigenvalue weighted by atomic mass is 35.5. The number of ether oxygens (including phenoxy) is 1. The second kappa shape index (κ2) is 8.49. The molecule has 0 aliphatic heterocycles. The van der Waals surface area contributed by atoms with Gasteiger partial charge in [0.05, 0.1) is 6.10 Å². The highest BCUT2D eigenvalue weighted by molar-refractivity contribution is 6.31. The number of nitrogens with zero attached hydrogens (tertiary/aromatic N) is 2. The third-order valence-corrected chi connectivity index (χ3v) is 3.61. The molecule has 2 N–H and O–H groups in total. The number of amides is 1. The van der Waals surface area contributed by atoms with E-state index in [1.54, 1.807) is 24.5 Å². The van der Waals surface area contributed by atoms with Gasteiger partial charge in [-0.1, -0.05) is 17.7 Å². The Balaban J connectivity index is 1.88. The molecule has 0 bridgehead atoms. The van der Waals surface area contributed by atoms with E-state index in [2.05, 4.69) is 20.6 Å². The molecule has 1 heterocycles. The number of aromatic nitrogens is 2. The van der Waals surface area contributed by atoms with Gasteiger partial charge < -0.3 is 15.4 Å². The van der Waals surface area contributed by atoms with Crippen LogP contribution in [-0.4, -0.2) is 28.5 Å². The quantitative estimate of drug-likeness (QED) is 0.798. The maximum atomic E-state index is 12.1. The normalized spacial score (nSPS) is 10.5. The van der Waals surface area contributed by atoms with Gasteiger partial charge in [-0.05, 0) is 38.5 Å². The Hall–Kier alpha value is -2.34. The van der Waals surface area contributed by atoms with Gasteiger partial charge in [0.2, 0.25) is 5.91 Å². The molecule has 0 aliphatic rings. The average Bonchev–Trinajstić information content (AvgIpc) is 2.53. The SMILES string of the molecule is Cc1c(Cl)cccc1NC(=O)CCNc1nccnc1OC(C)C. The van der Waals surface area contributed by atoms with Crippen LogP contribution in [0.25, 0.3) is 0 Å². The summed E-state index contributed by atoms with van der Waals surface area (Å²) in [5.41, 5.74) is 1.57. The van der Waals surface area contributed by atoms with Gasteiger partial charge in [-0.3, -0.25) is 4.79 Å². The minimum absolute atomic E-state index is 0.00338. The second-order valence-electron chi connectivity index (χ2n) is 5.51. The Labute approximate surface area is 146 Å². The van der Waals surface area contributed by atoms with Crippen LogP contribution in [0.5, 0.6) is 5.88 Å². The Kier molecular flexibility index (Phi) is 6.37. The molecule has 0 unspecified atom stereocenters. The average molecular weight is 349 g/mol. The number of hydrogen-bond donors (Lipinski definition) is 2. The van der Waals surface area contributed by atoms with Gasteiger partial charge in [0.15, 0.2) is 5.82 Å². The topological polar surface area (TPSA) is 76.1 Å². The van der Waals surface area contributed by atoms with Gasteiger partial charge in [-0.2, -0.15) is 0 Å². The van der Waals surface area contributed by atoms with E-state index in [1.165, 1.54) is 0 Å². The highest BCUT2D eigenvalue weighted by Gasteiger charge is 2.10. The van der Waals surface area contributed by atoms with E-state index in [0.717, 1.165) is 11.3 Å². The molecular weight excluding hydrogens is 328 g/mol. The molecule has 7 heteroatoms. The van der Waals surface area contributed by atoms with Crippen LogP contribution in [-0.2, 0) is 4.79 Å². The lowest BCUT2D eigenvalue weighted by atomic mass is 10.2. The first-order valence-corrected chi connectivity index (χ1v) is 8.11. The lowest BCUT2D eigenvalue weighted by Crippen LogP contribution is -2.18. The zero-order chi connectivity index (χ0) is 17.5. The monoisotopic (exact) mass is 348 g/mol. The van der Waals surface area contributed by atoms with E-state index in [1.807, 2.05) is 26.8 Å². The molecule has 1 aromatic heterocycles. The maximum absolute atomic E-state index is 12.1. The van der Waals surface area contributed by atoms with Crippen LogP contribution in [0.4, 0.5) is 11.5 Å². The van der Waals surface area contributed by atoms with Gasteiger partial charge in [0.25, 0.3) is 5.88 Å². The van der Waals surface area contributed by atoms with E-state index in [0.29, 0.717) is 23.3 Å². The molecular formula is C17H21ClN4O2. The van der Waals surface area contributed by atoms with Crippen molar-refractivity contribution in [3.05, 3.63) is 41.2 Å². The van der Waals surface area contributed by atoms with Crippen LogP contribution in [0, 0.1) is 6.92 Å². The lowest BCUT2D eigenvalue weighted by molar-refractivity contribution is -0.115. The van der Waals surface area contributed by atoms with Crippen molar-refractivity contribution < 1.29 is 9.53 Å². The summed E-state index contributed by atoms with van der Waals surface area (Å²) in [6, 6.07) is 5.42. The summed E-state index contributed by atoms with van der Waals surface area (Å²) in [5, 5.41) is 6.56. The molecule has 1 aromatic carbocycles. The van der Waals surface area contributed by atoms with Crippen molar-refractivity contribution in [3.8, 4) is 5.88 Å². The molecule has 6 nitrogen and oxygen atoms in total. The van der Waals surface area contributed by atoms with Crippen molar-refractivity contribution in [1.82, 2.24) is 9.97 Å². The van der Waals surface area contributed by atoms with Crippen molar-refractivity contribution in [2.75, 3.05) is 17.2 Å². The fraction of sp³-hybridized carbons (Fsp3) is 0.353. The molecule has 0 spiro atoms. The Morgan fingerprint density at radius 2 is 2.04 bits per heavy atom. The fourth-order valence-electron chi connectivity index (χ4n) is 2.01. The number of halogens is 1. The molecule has 24 heavy (non-hydrogen) atoms. The summed E-state index contributed by atoms with van der Waals surface area (Å²) in [6.45, 7) is 6.11. The predicted octanol–water partition coefficient (Wildman–Crippen LogP) is 3.67. The largest absolute Gasteiger partial charge is 0.472 e. The zero-order valence-corrected chi connectivity index (χ0v) is 14.7. The van der Waals surface area contributed by atoms with Crippen molar-refractivity contribution in [2.45, 2.75) is 33.3 Å². The molecule has 0 atom stereocenters. The van der Waals surface area contributed by atoms with E-state index < -0.39 is 0 Å². The summed E-state index contributed by atoms with van der Waals surface area (Å²) < 4.78 is 5.58. The van der Waals surface area contributed by atoms with Crippen molar-refractivity contribution in [1.29, 1.82) is 0 Å². The van der Waals surface area contributed by atoms with E-state index in [-0.39, 0.29) is 18.4 Å². The molecule has 0 radical (unpaired) electrons. The summed E-state index contributed by atoms with van der Waals surface area (Å²) in [7, 11) is 0. The smallest absolute Gasteiger partial charge is 0.257 e. The van der Waals surface area contributed by atoms with Gasteiger partial charge in [0.1, 0.15) is 0 Å². The first-order valence-electron chi connectivity index (χ1n) is 7.74. The van der Waals surface area contributed by atoms with Crippen LogP contribution in [0.1, 0.15) is 25.8 Å². The van der Waals surface area contributed by atoms with E-state index in [9.17, 15) is 4.79 Å². The van der Waals surface area contributed by atoms with Crippen LogP contribution in [0.2, 0.25) is 5.02 Å². The van der Waals surface area contributed by atoms with Crippen LogP contribution in [0.3, 0.4) is 0 Å². The number of carbonyl (C=O) groups is 1. The molecule has 2 rings (SSSR count). The molecule has 0 aliphatic carbocycles. The molecule has 0 fully saturated rings. The lowest BCUT2D eigenvalue weighted by Gasteiger charge is -2.13.